The van der Waals surface area contributed by atoms with Crippen molar-refractivity contribution in [2.45, 2.75) is 26.2 Å². The quantitative estimate of drug-likeness (QED) is 0.374. The zero-order valence-electron chi connectivity index (χ0n) is 19.5. The van der Waals surface area contributed by atoms with Gasteiger partial charge in [0.2, 0.25) is 0 Å². The first-order valence-electron chi connectivity index (χ1n) is 11.0. The first kappa shape index (κ1) is 23.8. The molecule has 0 aliphatic carbocycles. The second-order valence-electron chi connectivity index (χ2n) is 7.87. The standard InChI is InChI=1S/C25H26N6O4/c1-34-17-23-22(25(33)26-12-20-11-21(35-2)13-27-28-20)16-31(29-23)15-19-8-6-18(7-9-19)14-30-10-4-3-5-24(30)32/h3-11,13,16H,12,14-15,17H2,1-2H3,(H,26,33). The molecular weight excluding hydrogens is 448 g/mol. The fourth-order valence-corrected chi connectivity index (χ4v) is 3.55. The second kappa shape index (κ2) is 11.2. The highest BCUT2D eigenvalue weighted by atomic mass is 16.5. The number of hydrogen-bond acceptors (Lipinski definition) is 7. The fraction of sp³-hybridized carbons (Fsp3) is 0.240. The minimum atomic E-state index is -0.281. The van der Waals surface area contributed by atoms with Crippen LogP contribution in [-0.2, 0) is 31.0 Å². The van der Waals surface area contributed by atoms with Crippen LogP contribution in [-0.4, -0.2) is 44.7 Å². The summed E-state index contributed by atoms with van der Waals surface area (Å²) in [6.07, 6.45) is 4.98. The van der Waals surface area contributed by atoms with Crippen molar-refractivity contribution >= 4 is 5.91 Å². The first-order valence-corrected chi connectivity index (χ1v) is 11.0. The van der Waals surface area contributed by atoms with Gasteiger partial charge in [0.1, 0.15) is 11.4 Å². The van der Waals surface area contributed by atoms with E-state index in [1.807, 2.05) is 30.3 Å². The van der Waals surface area contributed by atoms with Crippen molar-refractivity contribution in [2.75, 3.05) is 14.2 Å². The number of nitrogens with one attached hydrogen (secondary N) is 1. The Balaban J connectivity index is 1.43. The molecular formula is C25H26N6O4. The molecule has 4 rings (SSSR count). The van der Waals surface area contributed by atoms with E-state index >= 15 is 0 Å². The average molecular weight is 475 g/mol. The molecule has 1 amide bonds. The summed E-state index contributed by atoms with van der Waals surface area (Å²) in [6.45, 7) is 1.39. The summed E-state index contributed by atoms with van der Waals surface area (Å²) in [5.41, 5.74) is 3.55. The van der Waals surface area contributed by atoms with Gasteiger partial charge in [-0.3, -0.25) is 14.3 Å². The molecule has 0 radical (unpaired) electrons. The lowest BCUT2D eigenvalue weighted by Crippen LogP contribution is -2.24. The van der Waals surface area contributed by atoms with Gasteiger partial charge in [-0.1, -0.05) is 30.3 Å². The molecule has 0 fully saturated rings. The first-order chi connectivity index (χ1) is 17.1. The molecule has 0 aliphatic rings. The third-order valence-corrected chi connectivity index (χ3v) is 5.33. The largest absolute Gasteiger partial charge is 0.495 e. The van der Waals surface area contributed by atoms with E-state index in [-0.39, 0.29) is 24.6 Å². The molecule has 0 saturated carbocycles. The van der Waals surface area contributed by atoms with Crippen LogP contribution in [0.5, 0.6) is 5.75 Å². The summed E-state index contributed by atoms with van der Waals surface area (Å²) < 4.78 is 13.7. The molecule has 35 heavy (non-hydrogen) atoms. The van der Waals surface area contributed by atoms with E-state index in [1.54, 1.807) is 54.1 Å². The number of ether oxygens (including phenoxy) is 2. The van der Waals surface area contributed by atoms with Gasteiger partial charge in [-0.2, -0.15) is 15.3 Å². The molecule has 3 aromatic heterocycles. The zero-order chi connectivity index (χ0) is 24.6. The lowest BCUT2D eigenvalue weighted by molar-refractivity contribution is 0.0945. The van der Waals surface area contributed by atoms with E-state index in [9.17, 15) is 9.59 Å². The van der Waals surface area contributed by atoms with Gasteiger partial charge in [-0.15, -0.1) is 0 Å². The van der Waals surface area contributed by atoms with E-state index < -0.39 is 0 Å². The van der Waals surface area contributed by atoms with Crippen LogP contribution >= 0.6 is 0 Å². The highest BCUT2D eigenvalue weighted by Gasteiger charge is 2.17. The Labute approximate surface area is 202 Å². The molecule has 0 unspecified atom stereocenters. The normalized spacial score (nSPS) is 10.8. The highest BCUT2D eigenvalue weighted by Crippen LogP contribution is 2.13. The summed E-state index contributed by atoms with van der Waals surface area (Å²) in [6, 6.07) is 14.8. The van der Waals surface area contributed by atoms with Gasteiger partial charge in [-0.25, -0.2) is 0 Å². The highest BCUT2D eigenvalue weighted by molar-refractivity contribution is 5.95. The molecule has 180 valence electrons. The zero-order valence-corrected chi connectivity index (χ0v) is 19.5. The van der Waals surface area contributed by atoms with Gasteiger partial charge in [0, 0.05) is 31.6 Å². The summed E-state index contributed by atoms with van der Waals surface area (Å²) >= 11 is 0. The van der Waals surface area contributed by atoms with Crippen LogP contribution in [0.15, 0.2) is 71.9 Å². The van der Waals surface area contributed by atoms with Crippen molar-refractivity contribution in [3.05, 3.63) is 106 Å². The number of pyridine rings is 1. The van der Waals surface area contributed by atoms with Crippen molar-refractivity contribution in [3.63, 3.8) is 0 Å². The van der Waals surface area contributed by atoms with Gasteiger partial charge >= 0.3 is 0 Å². The van der Waals surface area contributed by atoms with E-state index in [0.29, 0.717) is 35.8 Å². The monoisotopic (exact) mass is 474 g/mol. The maximum Gasteiger partial charge on any atom is 0.255 e. The van der Waals surface area contributed by atoms with Crippen molar-refractivity contribution in [1.82, 2.24) is 29.9 Å². The minimum absolute atomic E-state index is 0.0388. The molecule has 0 atom stereocenters. The van der Waals surface area contributed by atoms with E-state index in [2.05, 4.69) is 20.6 Å². The van der Waals surface area contributed by atoms with E-state index in [1.165, 1.54) is 6.20 Å². The third kappa shape index (κ3) is 6.18. The van der Waals surface area contributed by atoms with Crippen LogP contribution in [0.1, 0.15) is 32.9 Å². The van der Waals surface area contributed by atoms with Crippen LogP contribution in [0, 0.1) is 0 Å². The van der Waals surface area contributed by atoms with Crippen LogP contribution < -0.4 is 15.6 Å². The topological polar surface area (TPSA) is 113 Å². The Bertz CT molecular complexity index is 1350. The average Bonchev–Trinajstić information content (AvgIpc) is 3.27. The van der Waals surface area contributed by atoms with Crippen molar-refractivity contribution < 1.29 is 14.3 Å². The van der Waals surface area contributed by atoms with Crippen LogP contribution in [0.3, 0.4) is 0 Å². The smallest absolute Gasteiger partial charge is 0.255 e. The molecule has 1 N–H and O–H groups in total. The molecule has 4 aromatic rings. The molecule has 0 spiro atoms. The van der Waals surface area contributed by atoms with Crippen LogP contribution in [0.25, 0.3) is 0 Å². The molecule has 10 heteroatoms. The Morgan fingerprint density at radius 1 is 1.06 bits per heavy atom. The number of carbonyl (C=O) groups excluding carboxylic acids is 1. The van der Waals surface area contributed by atoms with Crippen molar-refractivity contribution in [3.8, 4) is 5.75 Å². The molecule has 0 aliphatic heterocycles. The fourth-order valence-electron chi connectivity index (χ4n) is 3.55. The number of methoxy groups -OCH3 is 2. The predicted octanol–water partition coefficient (Wildman–Crippen LogP) is 2.02. The Morgan fingerprint density at radius 3 is 2.54 bits per heavy atom. The number of carbonyl (C=O) groups is 1. The van der Waals surface area contributed by atoms with Gasteiger partial charge in [0.25, 0.3) is 11.5 Å². The van der Waals surface area contributed by atoms with Crippen molar-refractivity contribution in [1.29, 1.82) is 0 Å². The van der Waals surface area contributed by atoms with E-state index in [0.717, 1.165) is 11.1 Å². The predicted molar refractivity (Wildman–Crippen MR) is 128 cm³/mol. The number of rotatable bonds is 10. The van der Waals surface area contributed by atoms with Crippen LogP contribution in [0.4, 0.5) is 0 Å². The molecule has 1 aromatic carbocycles. The SMILES string of the molecule is COCc1nn(Cc2ccc(Cn3ccccc3=O)cc2)cc1C(=O)NCc1cc(OC)cnn1. The van der Waals surface area contributed by atoms with Gasteiger partial charge in [0.05, 0.1) is 50.8 Å². The maximum atomic E-state index is 12.9. The number of aromatic nitrogens is 5. The van der Waals surface area contributed by atoms with Gasteiger partial charge in [-0.05, 0) is 17.2 Å². The van der Waals surface area contributed by atoms with E-state index in [4.69, 9.17) is 9.47 Å². The Morgan fingerprint density at radius 2 is 1.83 bits per heavy atom. The molecule has 0 saturated heterocycles. The Kier molecular flexibility index (Phi) is 7.63. The maximum absolute atomic E-state index is 12.9. The van der Waals surface area contributed by atoms with Crippen molar-refractivity contribution in [2.24, 2.45) is 0 Å². The number of hydrogen-bond donors (Lipinski definition) is 1. The lowest BCUT2D eigenvalue weighted by Gasteiger charge is -2.07. The van der Waals surface area contributed by atoms with Gasteiger partial charge < -0.3 is 19.4 Å². The number of amides is 1. The molecule has 3 heterocycles. The Hall–Kier alpha value is -4.31. The van der Waals surface area contributed by atoms with Crippen LogP contribution in [0.2, 0.25) is 0 Å². The summed E-state index contributed by atoms with van der Waals surface area (Å²) in [4.78, 5) is 24.8. The summed E-state index contributed by atoms with van der Waals surface area (Å²) in [5, 5.41) is 15.2. The third-order valence-electron chi connectivity index (χ3n) is 5.33. The summed E-state index contributed by atoms with van der Waals surface area (Å²) in [7, 11) is 3.10. The molecule has 10 nitrogen and oxygen atoms in total. The van der Waals surface area contributed by atoms with Gasteiger partial charge in [0.15, 0.2) is 0 Å². The number of benzene rings is 1. The molecule has 0 bridgehead atoms. The summed E-state index contributed by atoms with van der Waals surface area (Å²) in [5.74, 6) is 0.288. The number of nitrogens with zero attached hydrogens (tertiary/aromatic N) is 5. The lowest BCUT2D eigenvalue weighted by atomic mass is 10.1. The second-order valence-corrected chi connectivity index (χ2v) is 7.87. The minimum Gasteiger partial charge on any atom is -0.495 e.